The summed E-state index contributed by atoms with van der Waals surface area (Å²) in [6.45, 7) is 3.81. The predicted octanol–water partition coefficient (Wildman–Crippen LogP) is 3.84. The summed E-state index contributed by atoms with van der Waals surface area (Å²) in [6, 6.07) is 3.00. The van der Waals surface area contributed by atoms with Gasteiger partial charge in [-0.05, 0) is 6.42 Å². The minimum Gasteiger partial charge on any atom is -0.339 e. The molecule has 0 aliphatic carbocycles. The number of nitrogens with zero attached hydrogens (tertiary/aromatic N) is 5. The standard InChI is InChI=1S/C19H18F3N7O/c1-4-12-5-16(29-18(27-12)19(3,21)22)28-14-6-15(26-10(2)30)23-9-13(14)17-24-7-11(20)8-25-17/h5-9H,4H2,1-3H3,(H2,23,26,27,28,29,30). The van der Waals surface area contributed by atoms with Crippen molar-refractivity contribution < 1.29 is 18.0 Å². The summed E-state index contributed by atoms with van der Waals surface area (Å²) >= 11 is 0. The second-order valence-electron chi connectivity index (χ2n) is 6.46. The normalized spacial score (nSPS) is 11.3. The lowest BCUT2D eigenvalue weighted by Crippen LogP contribution is -2.15. The van der Waals surface area contributed by atoms with E-state index in [9.17, 15) is 18.0 Å². The molecule has 0 atom stereocenters. The number of nitrogens with one attached hydrogen (secondary N) is 2. The Hall–Kier alpha value is -3.63. The number of anilines is 3. The first-order chi connectivity index (χ1) is 14.2. The molecule has 156 valence electrons. The van der Waals surface area contributed by atoms with Crippen LogP contribution in [0.5, 0.6) is 0 Å². The van der Waals surface area contributed by atoms with Gasteiger partial charge in [0.15, 0.2) is 11.6 Å². The third kappa shape index (κ3) is 5.04. The third-order valence-corrected chi connectivity index (χ3v) is 3.87. The first kappa shape index (κ1) is 21.1. The molecule has 0 saturated heterocycles. The monoisotopic (exact) mass is 417 g/mol. The second-order valence-corrected chi connectivity index (χ2v) is 6.46. The van der Waals surface area contributed by atoms with Gasteiger partial charge in [-0.15, -0.1) is 0 Å². The maximum atomic E-state index is 13.8. The molecule has 0 aromatic carbocycles. The highest BCUT2D eigenvalue weighted by atomic mass is 19.3. The Morgan fingerprint density at radius 1 is 1.07 bits per heavy atom. The molecule has 3 aromatic heterocycles. The zero-order valence-corrected chi connectivity index (χ0v) is 16.4. The van der Waals surface area contributed by atoms with Crippen LogP contribution in [0, 0.1) is 5.82 Å². The van der Waals surface area contributed by atoms with Crippen LogP contribution in [0.2, 0.25) is 0 Å². The molecule has 0 fully saturated rings. The van der Waals surface area contributed by atoms with Crippen LogP contribution < -0.4 is 10.6 Å². The van der Waals surface area contributed by atoms with Gasteiger partial charge in [-0.25, -0.2) is 29.3 Å². The molecule has 2 N–H and O–H groups in total. The van der Waals surface area contributed by atoms with Gasteiger partial charge in [0.2, 0.25) is 11.7 Å². The summed E-state index contributed by atoms with van der Waals surface area (Å²) in [4.78, 5) is 31.1. The average molecular weight is 417 g/mol. The fraction of sp³-hybridized carbons (Fsp3) is 0.263. The maximum absolute atomic E-state index is 13.8. The highest BCUT2D eigenvalue weighted by Gasteiger charge is 2.29. The highest BCUT2D eigenvalue weighted by molar-refractivity contribution is 5.89. The van der Waals surface area contributed by atoms with Crippen LogP contribution in [0.3, 0.4) is 0 Å². The van der Waals surface area contributed by atoms with E-state index in [2.05, 4.69) is 35.6 Å². The van der Waals surface area contributed by atoms with E-state index in [0.29, 0.717) is 30.3 Å². The van der Waals surface area contributed by atoms with E-state index in [1.165, 1.54) is 25.3 Å². The maximum Gasteiger partial charge on any atom is 0.303 e. The number of carbonyl (C=O) groups excluding carboxylic acids is 1. The van der Waals surface area contributed by atoms with Crippen molar-refractivity contribution in [3.8, 4) is 11.4 Å². The number of halogens is 3. The zero-order valence-electron chi connectivity index (χ0n) is 16.4. The summed E-state index contributed by atoms with van der Waals surface area (Å²) < 4.78 is 40.8. The van der Waals surface area contributed by atoms with E-state index < -0.39 is 17.6 Å². The molecule has 0 aliphatic heterocycles. The van der Waals surface area contributed by atoms with Crippen molar-refractivity contribution in [2.24, 2.45) is 0 Å². The Morgan fingerprint density at radius 3 is 2.37 bits per heavy atom. The van der Waals surface area contributed by atoms with Crippen LogP contribution in [-0.2, 0) is 17.1 Å². The van der Waals surface area contributed by atoms with Crippen molar-refractivity contribution in [2.45, 2.75) is 33.1 Å². The molecular formula is C19H18F3N7O. The Bertz CT molecular complexity index is 1070. The van der Waals surface area contributed by atoms with Gasteiger partial charge in [-0.3, -0.25) is 4.79 Å². The van der Waals surface area contributed by atoms with Crippen molar-refractivity contribution in [3.05, 3.63) is 48.1 Å². The number of hydrogen-bond acceptors (Lipinski definition) is 7. The zero-order chi connectivity index (χ0) is 21.9. The van der Waals surface area contributed by atoms with Crippen molar-refractivity contribution in [3.63, 3.8) is 0 Å². The molecule has 11 heteroatoms. The Kier molecular flexibility index (Phi) is 5.90. The van der Waals surface area contributed by atoms with Gasteiger partial charge in [0.1, 0.15) is 11.6 Å². The van der Waals surface area contributed by atoms with Gasteiger partial charge in [0, 0.05) is 37.9 Å². The van der Waals surface area contributed by atoms with Crippen LogP contribution >= 0.6 is 0 Å². The number of alkyl halides is 2. The molecule has 3 heterocycles. The van der Waals surface area contributed by atoms with Crippen molar-refractivity contribution in [1.29, 1.82) is 0 Å². The summed E-state index contributed by atoms with van der Waals surface area (Å²) in [5.41, 5.74) is 1.09. The van der Waals surface area contributed by atoms with Gasteiger partial charge in [-0.1, -0.05) is 6.92 Å². The first-order valence-electron chi connectivity index (χ1n) is 8.94. The number of hydrogen-bond donors (Lipinski definition) is 2. The van der Waals surface area contributed by atoms with Gasteiger partial charge >= 0.3 is 5.92 Å². The smallest absolute Gasteiger partial charge is 0.303 e. The average Bonchev–Trinajstić information content (AvgIpc) is 2.67. The number of aromatic nitrogens is 5. The molecule has 30 heavy (non-hydrogen) atoms. The molecule has 0 spiro atoms. The van der Waals surface area contributed by atoms with E-state index >= 15 is 0 Å². The highest BCUT2D eigenvalue weighted by Crippen LogP contribution is 2.31. The number of aryl methyl sites for hydroxylation is 1. The molecular weight excluding hydrogens is 399 g/mol. The fourth-order valence-electron chi connectivity index (χ4n) is 2.51. The minimum absolute atomic E-state index is 0.113. The van der Waals surface area contributed by atoms with Gasteiger partial charge < -0.3 is 10.6 Å². The summed E-state index contributed by atoms with van der Waals surface area (Å²) in [5.74, 6) is -4.35. The van der Waals surface area contributed by atoms with E-state index in [1.807, 2.05) is 0 Å². The molecule has 3 rings (SSSR count). The van der Waals surface area contributed by atoms with Crippen LogP contribution in [0.25, 0.3) is 11.4 Å². The van der Waals surface area contributed by atoms with Crippen molar-refractivity contribution in [1.82, 2.24) is 24.9 Å². The van der Waals surface area contributed by atoms with E-state index in [1.54, 1.807) is 6.92 Å². The molecule has 3 aromatic rings. The number of carbonyl (C=O) groups is 1. The summed E-state index contributed by atoms with van der Waals surface area (Å²) in [5, 5.41) is 5.47. The molecule has 1 amide bonds. The minimum atomic E-state index is -3.23. The largest absolute Gasteiger partial charge is 0.339 e. The molecule has 0 bridgehead atoms. The van der Waals surface area contributed by atoms with Gasteiger partial charge in [0.05, 0.1) is 23.6 Å². The van der Waals surface area contributed by atoms with E-state index in [4.69, 9.17) is 0 Å². The van der Waals surface area contributed by atoms with Crippen LogP contribution in [-0.4, -0.2) is 30.8 Å². The third-order valence-electron chi connectivity index (χ3n) is 3.87. The lowest BCUT2D eigenvalue weighted by Gasteiger charge is -2.15. The van der Waals surface area contributed by atoms with E-state index in [0.717, 1.165) is 12.4 Å². The van der Waals surface area contributed by atoms with Crippen LogP contribution in [0.4, 0.5) is 30.5 Å². The number of pyridine rings is 1. The Labute approximate surface area is 170 Å². The van der Waals surface area contributed by atoms with Crippen molar-refractivity contribution in [2.75, 3.05) is 10.6 Å². The second kappa shape index (κ2) is 8.39. The molecule has 0 saturated carbocycles. The summed E-state index contributed by atoms with van der Waals surface area (Å²) in [6.07, 6.45) is 3.77. The molecule has 8 nitrogen and oxygen atoms in total. The number of amides is 1. The quantitative estimate of drug-likeness (QED) is 0.628. The SMILES string of the molecule is CCc1cc(Nc2cc(NC(C)=O)ncc2-c2ncc(F)cn2)nc(C(C)(F)F)n1. The summed E-state index contributed by atoms with van der Waals surface area (Å²) in [7, 11) is 0. The molecule has 0 radical (unpaired) electrons. The first-order valence-corrected chi connectivity index (χ1v) is 8.94. The predicted molar refractivity (Wildman–Crippen MR) is 104 cm³/mol. The van der Waals surface area contributed by atoms with Crippen molar-refractivity contribution >= 4 is 23.2 Å². The topological polar surface area (TPSA) is 106 Å². The lowest BCUT2D eigenvalue weighted by atomic mass is 10.2. The van der Waals surface area contributed by atoms with Gasteiger partial charge in [0.25, 0.3) is 0 Å². The van der Waals surface area contributed by atoms with Crippen LogP contribution in [0.15, 0.2) is 30.7 Å². The Morgan fingerprint density at radius 2 is 1.77 bits per heavy atom. The molecule has 0 aliphatic rings. The molecule has 0 unspecified atom stereocenters. The van der Waals surface area contributed by atoms with E-state index in [-0.39, 0.29) is 23.4 Å². The fourth-order valence-corrected chi connectivity index (χ4v) is 2.51. The van der Waals surface area contributed by atoms with Gasteiger partial charge in [-0.2, -0.15) is 8.78 Å². The number of rotatable bonds is 6. The lowest BCUT2D eigenvalue weighted by molar-refractivity contribution is -0.114. The Balaban J connectivity index is 2.09. The van der Waals surface area contributed by atoms with Crippen LogP contribution in [0.1, 0.15) is 32.3 Å².